The smallest absolute Gasteiger partial charge is 0.341 e. The van der Waals surface area contributed by atoms with Gasteiger partial charge in [-0.05, 0) is 30.3 Å². The molecule has 1 aliphatic heterocycles. The van der Waals surface area contributed by atoms with E-state index < -0.39 is 10.9 Å². The van der Waals surface area contributed by atoms with Gasteiger partial charge in [0.15, 0.2) is 12.4 Å². The molecule has 0 amide bonds. The summed E-state index contributed by atoms with van der Waals surface area (Å²) >= 11 is 5.89. The van der Waals surface area contributed by atoms with E-state index in [0.29, 0.717) is 42.8 Å². The molecule has 2 heterocycles. The van der Waals surface area contributed by atoms with E-state index in [1.54, 1.807) is 30.3 Å². The Hall–Kier alpha value is -3.43. The average molecular weight is 444 g/mol. The van der Waals surface area contributed by atoms with Crippen molar-refractivity contribution in [3.63, 3.8) is 0 Å². The Morgan fingerprint density at radius 2 is 1.94 bits per heavy atom. The van der Waals surface area contributed by atoms with E-state index in [9.17, 15) is 14.9 Å². The van der Waals surface area contributed by atoms with Crippen LogP contribution in [0.25, 0.3) is 11.3 Å². The number of hydrogen-bond acceptors (Lipinski definition) is 8. The maximum Gasteiger partial charge on any atom is 0.341 e. The first-order valence-corrected chi connectivity index (χ1v) is 9.88. The Morgan fingerprint density at radius 3 is 2.65 bits per heavy atom. The van der Waals surface area contributed by atoms with Crippen molar-refractivity contribution in [2.75, 3.05) is 31.2 Å². The second-order valence-electron chi connectivity index (χ2n) is 6.76. The van der Waals surface area contributed by atoms with E-state index in [0.717, 1.165) is 5.56 Å². The third-order valence-electron chi connectivity index (χ3n) is 4.77. The minimum absolute atomic E-state index is 0.112. The normalized spacial score (nSPS) is 13.8. The zero-order chi connectivity index (χ0) is 21.8. The molecule has 2 aromatic carbocycles. The molecule has 9 nitrogen and oxygen atoms in total. The summed E-state index contributed by atoms with van der Waals surface area (Å²) in [5.74, 6) is 0.0140. The molecule has 0 aliphatic carbocycles. The average Bonchev–Trinajstić information content (AvgIpc) is 3.27. The van der Waals surface area contributed by atoms with Crippen molar-refractivity contribution in [2.24, 2.45) is 0 Å². The lowest BCUT2D eigenvalue weighted by Crippen LogP contribution is -2.37. The van der Waals surface area contributed by atoms with Crippen LogP contribution in [0, 0.1) is 10.1 Å². The minimum atomic E-state index is -0.698. The van der Waals surface area contributed by atoms with Gasteiger partial charge in [0.05, 0.1) is 35.6 Å². The van der Waals surface area contributed by atoms with E-state index >= 15 is 0 Å². The third-order valence-corrected chi connectivity index (χ3v) is 5.02. The third kappa shape index (κ3) is 4.84. The zero-order valence-corrected chi connectivity index (χ0v) is 17.1. The first kappa shape index (κ1) is 20.8. The summed E-state index contributed by atoms with van der Waals surface area (Å²) in [5, 5.41) is 11.8. The molecule has 3 aromatic rings. The van der Waals surface area contributed by atoms with Crippen molar-refractivity contribution >= 4 is 28.9 Å². The summed E-state index contributed by atoms with van der Waals surface area (Å²) in [6, 6.07) is 11.2. The molecule has 0 saturated carbocycles. The van der Waals surface area contributed by atoms with Gasteiger partial charge in [-0.2, -0.15) is 0 Å². The Bertz CT molecular complexity index is 1090. The predicted octanol–water partition coefficient (Wildman–Crippen LogP) is 4.10. The second kappa shape index (κ2) is 9.15. The maximum absolute atomic E-state index is 12.8. The summed E-state index contributed by atoms with van der Waals surface area (Å²) in [4.78, 5) is 29.5. The van der Waals surface area contributed by atoms with Gasteiger partial charge in [-0.25, -0.2) is 9.78 Å². The van der Waals surface area contributed by atoms with Crippen LogP contribution in [0.2, 0.25) is 5.02 Å². The molecule has 160 valence electrons. The highest BCUT2D eigenvalue weighted by Crippen LogP contribution is 2.28. The Balaban J connectivity index is 1.50. The fourth-order valence-corrected chi connectivity index (χ4v) is 3.34. The summed E-state index contributed by atoms with van der Waals surface area (Å²) < 4.78 is 16.3. The van der Waals surface area contributed by atoms with Crippen LogP contribution < -0.4 is 4.90 Å². The van der Waals surface area contributed by atoms with E-state index in [1.165, 1.54) is 18.3 Å². The lowest BCUT2D eigenvalue weighted by molar-refractivity contribution is -0.384. The molecule has 1 aromatic heterocycles. The topological polar surface area (TPSA) is 108 Å². The van der Waals surface area contributed by atoms with Gasteiger partial charge in [-0.3, -0.25) is 10.1 Å². The number of anilines is 1. The van der Waals surface area contributed by atoms with Crippen LogP contribution in [0.3, 0.4) is 0 Å². The quantitative estimate of drug-likeness (QED) is 0.318. The number of morpholine rings is 1. The first-order chi connectivity index (χ1) is 15.0. The molecule has 0 spiro atoms. The van der Waals surface area contributed by atoms with Crippen LogP contribution in [-0.4, -0.2) is 42.2 Å². The molecule has 31 heavy (non-hydrogen) atoms. The molecule has 0 radical (unpaired) electrons. The number of esters is 1. The van der Waals surface area contributed by atoms with E-state index in [2.05, 4.69) is 4.98 Å². The van der Waals surface area contributed by atoms with E-state index in [1.807, 2.05) is 4.90 Å². The Kier molecular flexibility index (Phi) is 6.15. The van der Waals surface area contributed by atoms with E-state index in [4.69, 9.17) is 25.5 Å². The van der Waals surface area contributed by atoms with Gasteiger partial charge in [-0.15, -0.1) is 0 Å². The molecule has 1 aliphatic rings. The van der Waals surface area contributed by atoms with Crippen molar-refractivity contribution in [1.82, 2.24) is 4.98 Å². The first-order valence-electron chi connectivity index (χ1n) is 9.50. The molecule has 10 heteroatoms. The summed E-state index contributed by atoms with van der Waals surface area (Å²) in [6.45, 7) is 1.95. The number of nitro benzene ring substituents is 1. The van der Waals surface area contributed by atoms with Gasteiger partial charge >= 0.3 is 5.97 Å². The number of ether oxygens (including phenoxy) is 2. The molecule has 0 bridgehead atoms. The standard InChI is InChI=1S/C21H18ClN3O6/c22-15-3-1-14(2-4-15)19-12-23-20(31-19)13-30-21(26)17-11-16(25(27)28)5-6-18(17)24-7-9-29-10-8-24/h1-6,11-12H,7-10,13H2. The Labute approximate surface area is 182 Å². The molecular formula is C21H18ClN3O6. The number of carbonyl (C=O) groups is 1. The van der Waals surface area contributed by atoms with Crippen LogP contribution in [0.5, 0.6) is 0 Å². The molecular weight excluding hydrogens is 426 g/mol. The number of aromatic nitrogens is 1. The van der Waals surface area contributed by atoms with E-state index in [-0.39, 0.29) is 23.7 Å². The molecule has 0 N–H and O–H groups in total. The predicted molar refractivity (Wildman–Crippen MR) is 112 cm³/mol. The summed E-state index contributed by atoms with van der Waals surface area (Å²) in [7, 11) is 0. The molecule has 0 atom stereocenters. The molecule has 1 saturated heterocycles. The number of nitrogens with zero attached hydrogens (tertiary/aromatic N) is 3. The minimum Gasteiger partial charge on any atom is -0.452 e. The number of non-ortho nitro benzene ring substituents is 1. The number of halogens is 1. The van der Waals surface area contributed by atoms with Crippen LogP contribution in [0.15, 0.2) is 53.1 Å². The van der Waals surface area contributed by atoms with Crippen LogP contribution in [0.4, 0.5) is 11.4 Å². The van der Waals surface area contributed by atoms with Crippen molar-refractivity contribution in [1.29, 1.82) is 0 Å². The van der Waals surface area contributed by atoms with Crippen LogP contribution in [0.1, 0.15) is 16.2 Å². The van der Waals surface area contributed by atoms with Crippen molar-refractivity contribution in [3.8, 4) is 11.3 Å². The summed E-state index contributed by atoms with van der Waals surface area (Å²) in [6.07, 6.45) is 1.53. The highest BCUT2D eigenvalue weighted by Gasteiger charge is 2.23. The van der Waals surface area contributed by atoms with Crippen LogP contribution in [-0.2, 0) is 16.1 Å². The van der Waals surface area contributed by atoms with Crippen molar-refractivity contribution in [2.45, 2.75) is 6.61 Å². The highest BCUT2D eigenvalue weighted by atomic mass is 35.5. The number of hydrogen-bond donors (Lipinski definition) is 0. The maximum atomic E-state index is 12.8. The number of carbonyl (C=O) groups excluding carboxylic acids is 1. The second-order valence-corrected chi connectivity index (χ2v) is 7.20. The van der Waals surface area contributed by atoms with Gasteiger partial charge < -0.3 is 18.8 Å². The van der Waals surface area contributed by atoms with Gasteiger partial charge in [0.2, 0.25) is 5.89 Å². The summed E-state index contributed by atoms with van der Waals surface area (Å²) in [5.41, 5.74) is 1.27. The van der Waals surface area contributed by atoms with Gasteiger partial charge in [0.1, 0.15) is 0 Å². The number of benzene rings is 2. The number of rotatable bonds is 6. The fourth-order valence-electron chi connectivity index (χ4n) is 3.21. The fraction of sp³-hybridized carbons (Fsp3) is 0.238. The van der Waals surface area contributed by atoms with Crippen molar-refractivity contribution in [3.05, 3.63) is 75.3 Å². The molecule has 0 unspecified atom stereocenters. The van der Waals surface area contributed by atoms with Gasteiger partial charge in [-0.1, -0.05) is 11.6 Å². The lowest BCUT2D eigenvalue weighted by atomic mass is 10.1. The zero-order valence-electron chi connectivity index (χ0n) is 16.3. The van der Waals surface area contributed by atoms with Crippen molar-refractivity contribution < 1.29 is 23.6 Å². The van der Waals surface area contributed by atoms with Crippen LogP contribution >= 0.6 is 11.6 Å². The highest BCUT2D eigenvalue weighted by molar-refractivity contribution is 6.30. The number of oxazole rings is 1. The number of nitro groups is 1. The molecule has 1 fully saturated rings. The SMILES string of the molecule is O=C(OCc1ncc(-c2ccc(Cl)cc2)o1)c1cc([N+](=O)[O-])ccc1N1CCOCC1. The lowest BCUT2D eigenvalue weighted by Gasteiger charge is -2.30. The Morgan fingerprint density at radius 1 is 1.19 bits per heavy atom. The monoisotopic (exact) mass is 443 g/mol. The van der Waals surface area contributed by atoms with Gasteiger partial charge in [0.25, 0.3) is 5.69 Å². The molecule has 4 rings (SSSR count). The largest absolute Gasteiger partial charge is 0.452 e. The van der Waals surface area contributed by atoms with Gasteiger partial charge in [0, 0.05) is 35.8 Å².